The SMILES string of the molecule is CCCCCCCCCCCCC(=O)N[C@@H](COC1OC(CO)C(O)C(O)C1O)[C@H](O)CCC. The van der Waals surface area contributed by atoms with E-state index < -0.39 is 49.5 Å². The molecule has 6 N–H and O–H groups in total. The molecule has 0 aromatic carbocycles. The lowest BCUT2D eigenvalue weighted by atomic mass is 9.99. The first-order valence-electron chi connectivity index (χ1n) is 13.2. The predicted molar refractivity (Wildman–Crippen MR) is 129 cm³/mol. The summed E-state index contributed by atoms with van der Waals surface area (Å²) in [5.41, 5.74) is 0. The van der Waals surface area contributed by atoms with Crippen molar-refractivity contribution in [1.29, 1.82) is 0 Å². The van der Waals surface area contributed by atoms with E-state index in [0.717, 1.165) is 19.3 Å². The van der Waals surface area contributed by atoms with Gasteiger partial charge in [0.05, 0.1) is 25.4 Å². The molecule has 1 amide bonds. The van der Waals surface area contributed by atoms with Gasteiger partial charge in [-0.1, -0.05) is 78.1 Å². The third-order valence-corrected chi connectivity index (χ3v) is 6.44. The molecule has 0 spiro atoms. The van der Waals surface area contributed by atoms with Gasteiger partial charge in [0.1, 0.15) is 24.4 Å². The number of carbonyl (C=O) groups excluding carboxylic acids is 1. The lowest BCUT2D eigenvalue weighted by molar-refractivity contribution is -0.302. The summed E-state index contributed by atoms with van der Waals surface area (Å²) in [5.74, 6) is -0.169. The second kappa shape index (κ2) is 18.5. The minimum absolute atomic E-state index is 0.145. The zero-order chi connectivity index (χ0) is 25.3. The molecule has 9 heteroatoms. The third-order valence-electron chi connectivity index (χ3n) is 6.44. The molecule has 9 nitrogen and oxygen atoms in total. The van der Waals surface area contributed by atoms with Gasteiger partial charge in [-0.2, -0.15) is 0 Å². The molecule has 1 aliphatic rings. The Labute approximate surface area is 204 Å². The molecule has 0 aromatic rings. The Kier molecular flexibility index (Phi) is 16.9. The Morgan fingerprint density at radius 2 is 1.47 bits per heavy atom. The number of rotatable bonds is 19. The second-order valence-electron chi connectivity index (χ2n) is 9.49. The van der Waals surface area contributed by atoms with Crippen LogP contribution in [-0.2, 0) is 14.3 Å². The highest BCUT2D eigenvalue weighted by molar-refractivity contribution is 5.76. The highest BCUT2D eigenvalue weighted by Crippen LogP contribution is 2.22. The van der Waals surface area contributed by atoms with Gasteiger partial charge in [-0.05, 0) is 12.8 Å². The molecule has 0 aromatic heterocycles. The van der Waals surface area contributed by atoms with Crippen molar-refractivity contribution in [3.63, 3.8) is 0 Å². The Hall–Kier alpha value is -0.810. The number of carbonyl (C=O) groups is 1. The standard InChI is InChI=1S/C25H49NO8/c1-3-5-6-7-8-9-10-11-12-13-15-21(29)26-18(19(28)14-4-2)17-33-25-24(32)23(31)22(30)20(16-27)34-25/h18-20,22-25,27-28,30-32H,3-17H2,1-2H3,(H,26,29)/t18-,19+,20?,22?,23?,24?,25?/m0/s1. The van der Waals surface area contributed by atoms with E-state index in [1.165, 1.54) is 44.9 Å². The Balaban J connectivity index is 2.38. The van der Waals surface area contributed by atoms with Crippen LogP contribution in [0.5, 0.6) is 0 Å². The maximum Gasteiger partial charge on any atom is 0.220 e. The van der Waals surface area contributed by atoms with E-state index in [0.29, 0.717) is 19.3 Å². The van der Waals surface area contributed by atoms with E-state index in [1.54, 1.807) is 0 Å². The van der Waals surface area contributed by atoms with Crippen molar-refractivity contribution in [2.24, 2.45) is 0 Å². The fraction of sp³-hybridized carbons (Fsp3) is 0.960. The molecule has 1 aliphatic heterocycles. The van der Waals surface area contributed by atoms with Crippen LogP contribution in [0.25, 0.3) is 0 Å². The van der Waals surface area contributed by atoms with E-state index in [9.17, 15) is 30.3 Å². The summed E-state index contributed by atoms with van der Waals surface area (Å²) in [5, 5.41) is 52.5. The zero-order valence-corrected chi connectivity index (χ0v) is 21.1. The molecule has 0 bridgehead atoms. The molecule has 1 heterocycles. The van der Waals surface area contributed by atoms with Crippen LogP contribution in [0.2, 0.25) is 0 Å². The maximum absolute atomic E-state index is 12.4. The third kappa shape index (κ3) is 11.7. The van der Waals surface area contributed by atoms with Crippen LogP contribution in [-0.4, -0.2) is 87.5 Å². The monoisotopic (exact) mass is 491 g/mol. The van der Waals surface area contributed by atoms with Gasteiger partial charge in [0, 0.05) is 6.42 Å². The first-order valence-corrected chi connectivity index (χ1v) is 13.2. The zero-order valence-electron chi connectivity index (χ0n) is 21.1. The van der Waals surface area contributed by atoms with Crippen molar-refractivity contribution in [2.75, 3.05) is 13.2 Å². The summed E-state index contributed by atoms with van der Waals surface area (Å²) >= 11 is 0. The van der Waals surface area contributed by atoms with Crippen LogP contribution in [0.4, 0.5) is 0 Å². The number of amides is 1. The van der Waals surface area contributed by atoms with Gasteiger partial charge >= 0.3 is 0 Å². The average Bonchev–Trinajstić information content (AvgIpc) is 2.82. The van der Waals surface area contributed by atoms with Crippen molar-refractivity contribution in [2.45, 2.75) is 140 Å². The molecule has 202 valence electrons. The van der Waals surface area contributed by atoms with E-state index in [4.69, 9.17) is 9.47 Å². The first kappa shape index (κ1) is 31.2. The largest absolute Gasteiger partial charge is 0.394 e. The summed E-state index contributed by atoms with van der Waals surface area (Å²) < 4.78 is 10.9. The van der Waals surface area contributed by atoms with Crippen molar-refractivity contribution in [3.05, 3.63) is 0 Å². The van der Waals surface area contributed by atoms with Crippen LogP contribution in [0.1, 0.15) is 97.3 Å². The predicted octanol–water partition coefficient (Wildman–Crippen LogP) is 1.76. The summed E-state index contributed by atoms with van der Waals surface area (Å²) in [6, 6.07) is -0.706. The van der Waals surface area contributed by atoms with Crippen molar-refractivity contribution in [1.82, 2.24) is 5.32 Å². The highest BCUT2D eigenvalue weighted by Gasteiger charge is 2.44. The highest BCUT2D eigenvalue weighted by atomic mass is 16.7. The molecule has 0 aliphatic carbocycles. The van der Waals surface area contributed by atoms with Crippen LogP contribution >= 0.6 is 0 Å². The fourth-order valence-electron chi connectivity index (χ4n) is 4.20. The fourth-order valence-corrected chi connectivity index (χ4v) is 4.20. The minimum Gasteiger partial charge on any atom is -0.394 e. The van der Waals surface area contributed by atoms with Gasteiger partial charge in [0.15, 0.2) is 6.29 Å². The van der Waals surface area contributed by atoms with Gasteiger partial charge < -0.3 is 40.3 Å². The van der Waals surface area contributed by atoms with Gasteiger partial charge in [-0.25, -0.2) is 0 Å². The van der Waals surface area contributed by atoms with Crippen LogP contribution in [0.15, 0.2) is 0 Å². The Morgan fingerprint density at radius 1 is 0.882 bits per heavy atom. The van der Waals surface area contributed by atoms with E-state index in [2.05, 4.69) is 12.2 Å². The lowest BCUT2D eigenvalue weighted by Gasteiger charge is -2.40. The number of unbranched alkanes of at least 4 members (excludes halogenated alkanes) is 9. The quantitative estimate of drug-likeness (QED) is 0.150. The molecule has 0 saturated carbocycles. The molecule has 1 rings (SSSR count). The van der Waals surface area contributed by atoms with Gasteiger partial charge in [0.2, 0.25) is 5.91 Å². The molecule has 5 unspecified atom stereocenters. The molecule has 0 radical (unpaired) electrons. The Bertz CT molecular complexity index is 521. The summed E-state index contributed by atoms with van der Waals surface area (Å²) in [6.07, 6.45) is 5.61. The number of aliphatic hydroxyl groups excluding tert-OH is 5. The van der Waals surface area contributed by atoms with Crippen molar-refractivity contribution < 1.29 is 39.8 Å². The summed E-state index contributed by atoms with van der Waals surface area (Å²) in [6.45, 7) is 3.44. The number of ether oxygens (including phenoxy) is 2. The summed E-state index contributed by atoms with van der Waals surface area (Å²) in [4.78, 5) is 12.4. The van der Waals surface area contributed by atoms with Crippen LogP contribution in [0.3, 0.4) is 0 Å². The molecule has 34 heavy (non-hydrogen) atoms. The topological polar surface area (TPSA) is 149 Å². The molecule has 7 atom stereocenters. The van der Waals surface area contributed by atoms with Gasteiger partial charge in [-0.15, -0.1) is 0 Å². The molecular weight excluding hydrogens is 442 g/mol. The molecule has 1 fully saturated rings. The number of aliphatic hydroxyl groups is 5. The van der Waals surface area contributed by atoms with Crippen LogP contribution < -0.4 is 5.32 Å². The smallest absolute Gasteiger partial charge is 0.220 e. The van der Waals surface area contributed by atoms with Gasteiger partial charge in [-0.3, -0.25) is 4.79 Å². The Morgan fingerprint density at radius 3 is 2.03 bits per heavy atom. The van der Waals surface area contributed by atoms with Crippen molar-refractivity contribution in [3.8, 4) is 0 Å². The lowest BCUT2D eigenvalue weighted by Crippen LogP contribution is -2.60. The number of hydrogen-bond donors (Lipinski definition) is 6. The van der Waals surface area contributed by atoms with E-state index >= 15 is 0 Å². The summed E-state index contributed by atoms with van der Waals surface area (Å²) in [7, 11) is 0. The van der Waals surface area contributed by atoms with Gasteiger partial charge in [0.25, 0.3) is 0 Å². The molecule has 1 saturated heterocycles. The minimum atomic E-state index is -1.54. The molecular formula is C25H49NO8. The van der Waals surface area contributed by atoms with Crippen molar-refractivity contribution >= 4 is 5.91 Å². The van der Waals surface area contributed by atoms with E-state index in [-0.39, 0.29) is 12.5 Å². The van der Waals surface area contributed by atoms with E-state index in [1.807, 2.05) is 6.92 Å². The number of hydrogen-bond acceptors (Lipinski definition) is 8. The number of nitrogens with one attached hydrogen (secondary N) is 1. The average molecular weight is 492 g/mol. The van der Waals surface area contributed by atoms with Crippen LogP contribution in [0, 0.1) is 0 Å². The normalized spacial score (nSPS) is 26.9. The second-order valence-corrected chi connectivity index (χ2v) is 9.49. The first-order chi connectivity index (χ1) is 16.3. The maximum atomic E-state index is 12.4.